The van der Waals surface area contributed by atoms with E-state index in [1.165, 1.54) is 0 Å². The Balaban J connectivity index is 1.63. The van der Waals surface area contributed by atoms with Crippen LogP contribution in [0, 0.1) is 11.3 Å². The number of nitriles is 1. The first-order valence-corrected chi connectivity index (χ1v) is 11.6. The van der Waals surface area contributed by atoms with Gasteiger partial charge < -0.3 is 19.9 Å². The molecule has 0 bridgehead atoms. The maximum absolute atomic E-state index is 12.4. The van der Waals surface area contributed by atoms with Gasteiger partial charge in [0.2, 0.25) is 0 Å². The molecule has 0 radical (unpaired) electrons. The molecule has 0 unspecified atom stereocenters. The van der Waals surface area contributed by atoms with Gasteiger partial charge in [0.15, 0.2) is 0 Å². The van der Waals surface area contributed by atoms with Gasteiger partial charge in [0, 0.05) is 19.6 Å². The molecular formula is C22H24N3O5S-. The zero-order valence-electron chi connectivity index (χ0n) is 16.9. The maximum atomic E-state index is 12.4. The highest BCUT2D eigenvalue weighted by Gasteiger charge is 2.23. The summed E-state index contributed by atoms with van der Waals surface area (Å²) in [7, 11) is -4.35. The monoisotopic (exact) mass is 442 g/mol. The van der Waals surface area contributed by atoms with E-state index in [0.717, 1.165) is 29.7 Å². The number of hydrogen-bond donors (Lipinski definition) is 2. The van der Waals surface area contributed by atoms with Crippen molar-refractivity contribution in [3.05, 3.63) is 59.7 Å². The van der Waals surface area contributed by atoms with Gasteiger partial charge in [-0.1, -0.05) is 48.5 Å². The lowest BCUT2D eigenvalue weighted by Crippen LogP contribution is -2.46. The summed E-state index contributed by atoms with van der Waals surface area (Å²) in [5, 5.41) is 15.3. The van der Waals surface area contributed by atoms with E-state index in [4.69, 9.17) is 4.74 Å². The average Bonchev–Trinajstić information content (AvgIpc) is 3.02. The number of benzene rings is 2. The molecule has 1 fully saturated rings. The second-order valence-electron chi connectivity index (χ2n) is 7.41. The third kappa shape index (κ3) is 7.15. The molecule has 0 aliphatic carbocycles. The number of amides is 1. The normalized spacial score (nSPS) is 17.9. The highest BCUT2D eigenvalue weighted by molar-refractivity contribution is 7.84. The zero-order chi connectivity index (χ0) is 22.3. The number of rotatable bonds is 7. The molecule has 0 spiro atoms. The van der Waals surface area contributed by atoms with Crippen LogP contribution in [0.3, 0.4) is 0 Å². The smallest absolute Gasteiger partial charge is 0.251 e. The number of nitrogens with one attached hydrogen (secondary N) is 2. The van der Waals surface area contributed by atoms with E-state index in [0.29, 0.717) is 25.1 Å². The summed E-state index contributed by atoms with van der Waals surface area (Å²) < 4.78 is 38.5. The maximum Gasteiger partial charge on any atom is 0.251 e. The first-order chi connectivity index (χ1) is 14.8. The molecule has 0 saturated carbocycles. The first kappa shape index (κ1) is 22.9. The van der Waals surface area contributed by atoms with E-state index in [9.17, 15) is 23.0 Å². The predicted molar refractivity (Wildman–Crippen MR) is 114 cm³/mol. The zero-order valence-corrected chi connectivity index (χ0v) is 17.7. The number of hydrogen-bond acceptors (Lipinski definition) is 7. The second kappa shape index (κ2) is 10.5. The Morgan fingerprint density at radius 3 is 2.71 bits per heavy atom. The Morgan fingerprint density at radius 1 is 1.23 bits per heavy atom. The van der Waals surface area contributed by atoms with Crippen LogP contribution in [0.5, 0.6) is 0 Å². The molecule has 2 aromatic carbocycles. The fourth-order valence-corrected chi connectivity index (χ4v) is 3.98. The van der Waals surface area contributed by atoms with Crippen LogP contribution in [0.15, 0.2) is 48.5 Å². The van der Waals surface area contributed by atoms with Crippen LogP contribution < -0.4 is 10.6 Å². The summed E-state index contributed by atoms with van der Waals surface area (Å²) in [5.74, 6) is -0.856. The van der Waals surface area contributed by atoms with Crippen molar-refractivity contribution in [1.29, 1.82) is 5.26 Å². The van der Waals surface area contributed by atoms with Crippen molar-refractivity contribution in [2.45, 2.75) is 30.7 Å². The van der Waals surface area contributed by atoms with Crippen molar-refractivity contribution in [3.63, 3.8) is 0 Å². The van der Waals surface area contributed by atoms with Gasteiger partial charge in [-0.05, 0) is 35.2 Å². The summed E-state index contributed by atoms with van der Waals surface area (Å²) in [4.78, 5) is 12.4. The summed E-state index contributed by atoms with van der Waals surface area (Å²) in [6, 6.07) is 15.7. The lowest BCUT2D eigenvalue weighted by atomic mass is 10.00. The lowest BCUT2D eigenvalue weighted by molar-refractivity contribution is -0.132. The fraction of sp³-hybridized carbons (Fsp3) is 0.364. The summed E-state index contributed by atoms with van der Waals surface area (Å²) in [5.41, 5.74) is 2.94. The van der Waals surface area contributed by atoms with Crippen molar-refractivity contribution >= 4 is 16.0 Å². The Morgan fingerprint density at radius 2 is 2.00 bits per heavy atom. The van der Waals surface area contributed by atoms with Gasteiger partial charge in [-0.2, -0.15) is 5.26 Å². The van der Waals surface area contributed by atoms with Crippen molar-refractivity contribution in [2.75, 3.05) is 19.7 Å². The second-order valence-corrected chi connectivity index (χ2v) is 8.81. The molecule has 2 aromatic rings. The molecule has 1 saturated heterocycles. The van der Waals surface area contributed by atoms with Crippen molar-refractivity contribution in [2.24, 2.45) is 0 Å². The third-order valence-electron chi connectivity index (χ3n) is 4.91. The molecule has 2 N–H and O–H groups in total. The SMILES string of the molecule is N#C[C@H](Cc1ccc(-c2cccc(CS(=O)(=O)[O-])c2)cc1)NC(=O)[C@@H]1CNCCCO1. The molecule has 1 amide bonds. The molecule has 3 rings (SSSR count). The minimum Gasteiger partial charge on any atom is -0.748 e. The van der Waals surface area contributed by atoms with Gasteiger partial charge in [-0.15, -0.1) is 0 Å². The highest BCUT2D eigenvalue weighted by atomic mass is 32.2. The first-order valence-electron chi connectivity index (χ1n) is 9.98. The van der Waals surface area contributed by atoms with E-state index in [2.05, 4.69) is 16.7 Å². The van der Waals surface area contributed by atoms with Gasteiger partial charge in [0.05, 0.1) is 21.9 Å². The Kier molecular flexibility index (Phi) is 7.76. The number of carbonyl (C=O) groups excluding carboxylic acids is 1. The largest absolute Gasteiger partial charge is 0.748 e. The Labute approximate surface area is 182 Å². The van der Waals surface area contributed by atoms with Crippen LogP contribution in [0.25, 0.3) is 11.1 Å². The quantitative estimate of drug-likeness (QED) is 0.618. The average molecular weight is 443 g/mol. The fourth-order valence-electron chi connectivity index (χ4n) is 3.39. The standard InChI is InChI=1S/C22H25N3O5S/c23-13-20(25-22(26)21-14-24-9-2-10-30-21)12-16-5-7-18(8-6-16)19-4-1-3-17(11-19)15-31(27,28)29/h1,3-8,11,20-21,24H,2,9-10,12,14-15H2,(H,25,26)(H,27,28,29)/p-1/t20-,21-/m0/s1. The molecule has 9 heteroatoms. The molecular weight excluding hydrogens is 418 g/mol. The van der Waals surface area contributed by atoms with Crippen LogP contribution in [-0.4, -0.2) is 50.7 Å². The van der Waals surface area contributed by atoms with E-state index in [1.54, 1.807) is 18.2 Å². The van der Waals surface area contributed by atoms with Crippen LogP contribution in [-0.2, 0) is 31.8 Å². The van der Waals surface area contributed by atoms with Crippen LogP contribution in [0.2, 0.25) is 0 Å². The molecule has 2 atom stereocenters. The van der Waals surface area contributed by atoms with Gasteiger partial charge in [-0.25, -0.2) is 8.42 Å². The molecule has 1 heterocycles. The van der Waals surface area contributed by atoms with Crippen LogP contribution in [0.1, 0.15) is 17.5 Å². The molecule has 31 heavy (non-hydrogen) atoms. The molecule has 1 aliphatic heterocycles. The van der Waals surface area contributed by atoms with Gasteiger partial charge in [-0.3, -0.25) is 4.79 Å². The molecule has 0 aromatic heterocycles. The predicted octanol–water partition coefficient (Wildman–Crippen LogP) is 1.33. The summed E-state index contributed by atoms with van der Waals surface area (Å²) >= 11 is 0. The van der Waals surface area contributed by atoms with E-state index >= 15 is 0 Å². The highest BCUT2D eigenvalue weighted by Crippen LogP contribution is 2.22. The minimum absolute atomic E-state index is 0.303. The molecule has 1 aliphatic rings. The number of carbonyl (C=O) groups is 1. The number of nitrogens with zero attached hydrogens (tertiary/aromatic N) is 1. The number of ether oxygens (including phenoxy) is 1. The Hall–Kier alpha value is -2.77. The lowest BCUT2D eigenvalue weighted by Gasteiger charge is -2.18. The third-order valence-corrected chi connectivity index (χ3v) is 5.60. The van der Waals surface area contributed by atoms with Gasteiger partial charge >= 0.3 is 0 Å². The van der Waals surface area contributed by atoms with Crippen LogP contribution >= 0.6 is 0 Å². The van der Waals surface area contributed by atoms with Crippen LogP contribution in [0.4, 0.5) is 0 Å². The van der Waals surface area contributed by atoms with E-state index < -0.39 is 28.0 Å². The van der Waals surface area contributed by atoms with Gasteiger partial charge in [0.1, 0.15) is 12.1 Å². The summed E-state index contributed by atoms with van der Waals surface area (Å²) in [6.45, 7) is 1.73. The van der Waals surface area contributed by atoms with Crippen molar-refractivity contribution < 1.29 is 22.5 Å². The summed E-state index contributed by atoms with van der Waals surface area (Å²) in [6.07, 6.45) is 0.579. The van der Waals surface area contributed by atoms with E-state index in [-0.39, 0.29) is 5.91 Å². The molecule has 164 valence electrons. The minimum atomic E-state index is -4.35. The van der Waals surface area contributed by atoms with Gasteiger partial charge in [0.25, 0.3) is 5.91 Å². The van der Waals surface area contributed by atoms with E-state index in [1.807, 2.05) is 30.3 Å². The molecule has 8 nitrogen and oxygen atoms in total. The van der Waals surface area contributed by atoms with Crippen molar-refractivity contribution in [3.8, 4) is 17.2 Å². The van der Waals surface area contributed by atoms with Crippen molar-refractivity contribution in [1.82, 2.24) is 10.6 Å². The topological polar surface area (TPSA) is 131 Å². The Bertz CT molecular complexity index is 1040.